The molecule has 2 aromatic heterocycles. The highest BCUT2D eigenvalue weighted by atomic mass is 32.2. The molecule has 0 spiro atoms. The van der Waals surface area contributed by atoms with Crippen LogP contribution in [-0.4, -0.2) is 68.2 Å². The summed E-state index contributed by atoms with van der Waals surface area (Å²) >= 11 is 2.10. The molecule has 4 amide bonds. The van der Waals surface area contributed by atoms with Crippen molar-refractivity contribution in [3.8, 4) is 11.5 Å². The molecule has 13 nitrogen and oxygen atoms in total. The van der Waals surface area contributed by atoms with Crippen LogP contribution in [0.1, 0.15) is 33.4 Å². The number of hydrogen-bond acceptors (Lipinski definition) is 10. The number of imidazole rings is 2. The predicted octanol–water partition coefficient (Wildman–Crippen LogP) is 8.89. The molecule has 4 heterocycles. The number of rotatable bonds is 14. The first-order valence-corrected chi connectivity index (χ1v) is 22.6. The minimum atomic E-state index is -0.183. The number of fused-ring (bicyclic) bond motifs is 2. The molecule has 0 saturated carbocycles. The number of hydrogen-bond donors (Lipinski definition) is 0. The third-order valence-electron chi connectivity index (χ3n) is 10.8. The van der Waals surface area contributed by atoms with E-state index in [1.807, 2.05) is 110 Å². The Morgan fingerprint density at radius 1 is 0.446 bits per heavy atom. The summed E-state index contributed by atoms with van der Waals surface area (Å²) in [5.74, 6) is 1.65. The molecule has 2 fully saturated rings. The summed E-state index contributed by atoms with van der Waals surface area (Å²) in [5.41, 5.74) is 10.4. The smallest absolute Gasteiger partial charge is 0.289 e. The molecule has 0 atom stereocenters. The first-order valence-electron chi connectivity index (χ1n) is 20.6. The number of amides is 4. The third-order valence-corrected chi connectivity index (χ3v) is 12.5. The molecular formula is C50H44N6O7S2. The lowest BCUT2D eigenvalue weighted by atomic mass is 10.2. The van der Waals surface area contributed by atoms with Gasteiger partial charge in [0.1, 0.15) is 24.7 Å². The Bertz CT molecular complexity index is 2710. The first-order chi connectivity index (χ1) is 31.3. The number of carbonyl (C=O) groups excluding carboxylic acids is 4. The van der Waals surface area contributed by atoms with Gasteiger partial charge in [-0.05, 0) is 81.9 Å². The van der Waals surface area contributed by atoms with Gasteiger partial charge < -0.3 is 24.1 Å². The largest absolute Gasteiger partial charge is 0.489 e. The monoisotopic (exact) mass is 904 g/mol. The summed E-state index contributed by atoms with van der Waals surface area (Å²) in [6, 6.07) is 48.0. The number of ether oxygens (including phenoxy) is 2. The van der Waals surface area contributed by atoms with Crippen LogP contribution < -0.4 is 9.47 Å². The van der Waals surface area contributed by atoms with E-state index < -0.39 is 0 Å². The van der Waals surface area contributed by atoms with Crippen molar-refractivity contribution in [1.82, 2.24) is 28.9 Å². The van der Waals surface area contributed by atoms with Crippen LogP contribution in [0.15, 0.2) is 158 Å². The highest BCUT2D eigenvalue weighted by Gasteiger charge is 2.30. The Morgan fingerprint density at radius 3 is 1.18 bits per heavy atom. The predicted molar refractivity (Wildman–Crippen MR) is 253 cm³/mol. The fourth-order valence-electron chi connectivity index (χ4n) is 7.36. The van der Waals surface area contributed by atoms with Crippen molar-refractivity contribution < 1.29 is 34.1 Å². The first kappa shape index (κ1) is 44.4. The lowest BCUT2D eigenvalue weighted by Gasteiger charge is -2.13. The van der Waals surface area contributed by atoms with E-state index in [1.54, 1.807) is 0 Å². The van der Waals surface area contributed by atoms with Gasteiger partial charge in [0, 0.05) is 13.1 Å². The zero-order valence-corrected chi connectivity index (χ0v) is 36.8. The van der Waals surface area contributed by atoms with E-state index in [4.69, 9.17) is 9.47 Å². The SMILES string of the molecule is O.O=C1CSC(=O)N1Cc1ccc(OCc2ccc3c(c2)ncn3Cc2ccccc2)cc1.O=C1CSC(=O)N1Cc1ccc(OCc2ccc3c(c2)ncn3Cc2ccccc2)cc1. The van der Waals surface area contributed by atoms with E-state index in [2.05, 4.69) is 67.6 Å². The minimum Gasteiger partial charge on any atom is -0.489 e. The van der Waals surface area contributed by atoms with Crippen LogP contribution in [-0.2, 0) is 49.0 Å². The number of nitrogens with zero attached hydrogens (tertiary/aromatic N) is 6. The van der Waals surface area contributed by atoms with Crippen LogP contribution in [0.2, 0.25) is 0 Å². The summed E-state index contributed by atoms with van der Waals surface area (Å²) in [5, 5.41) is -0.367. The maximum atomic E-state index is 11.8. The zero-order valence-electron chi connectivity index (χ0n) is 35.1. The van der Waals surface area contributed by atoms with Gasteiger partial charge in [-0.1, -0.05) is 121 Å². The second kappa shape index (κ2) is 20.5. The molecule has 2 saturated heterocycles. The van der Waals surface area contributed by atoms with Crippen molar-refractivity contribution in [3.05, 3.63) is 192 Å². The molecule has 2 aliphatic heterocycles. The van der Waals surface area contributed by atoms with E-state index in [1.165, 1.54) is 20.9 Å². The van der Waals surface area contributed by atoms with Crippen molar-refractivity contribution in [2.24, 2.45) is 0 Å². The van der Waals surface area contributed by atoms with Gasteiger partial charge in [-0.15, -0.1) is 0 Å². The van der Waals surface area contributed by atoms with Crippen LogP contribution in [0.25, 0.3) is 22.1 Å². The quantitative estimate of drug-likeness (QED) is 0.103. The normalized spacial score (nSPS) is 13.6. The van der Waals surface area contributed by atoms with Gasteiger partial charge >= 0.3 is 0 Å². The molecule has 6 aromatic carbocycles. The molecule has 328 valence electrons. The average Bonchev–Trinajstić information content (AvgIpc) is 4.09. The van der Waals surface area contributed by atoms with E-state index in [9.17, 15) is 19.2 Å². The van der Waals surface area contributed by atoms with Crippen molar-refractivity contribution >= 4 is 67.9 Å². The van der Waals surface area contributed by atoms with Crippen LogP contribution >= 0.6 is 23.5 Å². The Kier molecular flexibility index (Phi) is 14.0. The summed E-state index contributed by atoms with van der Waals surface area (Å²) in [4.78, 5) is 58.7. The summed E-state index contributed by atoms with van der Waals surface area (Å²) in [6.07, 6.45) is 3.74. The Balaban J connectivity index is 0.000000175. The molecule has 10 rings (SSSR count). The fourth-order valence-corrected chi connectivity index (χ4v) is 8.81. The van der Waals surface area contributed by atoms with Crippen LogP contribution in [0, 0.1) is 0 Å². The fraction of sp³-hybridized carbons (Fsp3) is 0.160. The van der Waals surface area contributed by atoms with Crippen LogP contribution in [0.3, 0.4) is 0 Å². The van der Waals surface area contributed by atoms with Gasteiger partial charge in [0.25, 0.3) is 10.5 Å². The van der Waals surface area contributed by atoms with Crippen LogP contribution in [0.4, 0.5) is 9.59 Å². The van der Waals surface area contributed by atoms with E-state index >= 15 is 0 Å². The second-order valence-electron chi connectivity index (χ2n) is 15.3. The zero-order chi connectivity index (χ0) is 43.8. The van der Waals surface area contributed by atoms with Crippen molar-refractivity contribution in [1.29, 1.82) is 0 Å². The lowest BCUT2D eigenvalue weighted by molar-refractivity contribution is -0.125. The molecule has 0 unspecified atom stereocenters. The highest BCUT2D eigenvalue weighted by molar-refractivity contribution is 8.15. The molecule has 2 aliphatic rings. The summed E-state index contributed by atoms with van der Waals surface area (Å²) < 4.78 is 16.1. The topological polar surface area (TPSA) is 160 Å². The van der Waals surface area contributed by atoms with Gasteiger partial charge in [-0.25, -0.2) is 9.97 Å². The maximum Gasteiger partial charge on any atom is 0.289 e. The molecule has 2 N–H and O–H groups in total. The van der Waals surface area contributed by atoms with Gasteiger partial charge in [0.15, 0.2) is 0 Å². The molecule has 15 heteroatoms. The van der Waals surface area contributed by atoms with Gasteiger partial charge in [-0.3, -0.25) is 29.0 Å². The Labute approximate surface area is 383 Å². The number of imide groups is 2. The van der Waals surface area contributed by atoms with Gasteiger partial charge in [0.05, 0.1) is 59.3 Å². The molecule has 0 bridgehead atoms. The molecule has 0 aliphatic carbocycles. The highest BCUT2D eigenvalue weighted by Crippen LogP contribution is 2.25. The maximum absolute atomic E-state index is 11.8. The number of aromatic nitrogens is 4. The third kappa shape index (κ3) is 11.0. The molecular weight excluding hydrogens is 861 g/mol. The Hall–Kier alpha value is -7.20. The van der Waals surface area contributed by atoms with E-state index in [0.717, 1.165) is 92.4 Å². The lowest BCUT2D eigenvalue weighted by Crippen LogP contribution is -2.27. The second-order valence-corrected chi connectivity index (χ2v) is 17.1. The number of carbonyl (C=O) groups is 4. The summed E-state index contributed by atoms with van der Waals surface area (Å²) in [6.45, 7) is 3.03. The van der Waals surface area contributed by atoms with Gasteiger partial charge in [-0.2, -0.15) is 0 Å². The standard InChI is InChI=1S/2C25H21N3O3S.H2O/c2*29-24-16-32-25(30)28(24)14-19-6-9-21(10-7-19)31-15-20-8-11-23-22(12-20)26-17-27(23)13-18-4-2-1-3-5-18;/h2*1-12,17H,13-16H2;1H2. The van der Waals surface area contributed by atoms with Crippen molar-refractivity contribution in [2.75, 3.05) is 11.5 Å². The van der Waals surface area contributed by atoms with Crippen molar-refractivity contribution in [3.63, 3.8) is 0 Å². The van der Waals surface area contributed by atoms with Crippen LogP contribution in [0.5, 0.6) is 11.5 Å². The average molecular weight is 905 g/mol. The minimum absolute atomic E-state index is 0. The summed E-state index contributed by atoms with van der Waals surface area (Å²) in [7, 11) is 0. The van der Waals surface area contributed by atoms with Gasteiger partial charge in [0.2, 0.25) is 11.8 Å². The Morgan fingerprint density at radius 2 is 0.815 bits per heavy atom. The molecule has 65 heavy (non-hydrogen) atoms. The van der Waals surface area contributed by atoms with E-state index in [0.29, 0.717) is 26.3 Å². The number of benzene rings is 6. The van der Waals surface area contributed by atoms with E-state index in [-0.39, 0.29) is 39.3 Å². The molecule has 0 radical (unpaired) electrons. The van der Waals surface area contributed by atoms with Crippen molar-refractivity contribution in [2.45, 2.75) is 39.4 Å². The number of thioether (sulfide) groups is 2. The molecule has 8 aromatic rings.